The van der Waals surface area contributed by atoms with Crippen molar-refractivity contribution in [2.75, 3.05) is 5.75 Å². The summed E-state index contributed by atoms with van der Waals surface area (Å²) >= 11 is 0. The van der Waals surface area contributed by atoms with Gasteiger partial charge in [0.15, 0.2) is 0 Å². The first kappa shape index (κ1) is 12.8. The van der Waals surface area contributed by atoms with E-state index in [0.717, 1.165) is 38.5 Å². The number of nitriles is 1. The summed E-state index contributed by atoms with van der Waals surface area (Å²) in [4.78, 5) is 0. The molecule has 2 fully saturated rings. The van der Waals surface area contributed by atoms with Gasteiger partial charge in [-0.3, -0.25) is 0 Å². The summed E-state index contributed by atoms with van der Waals surface area (Å²) in [5.41, 5.74) is 0. The van der Waals surface area contributed by atoms with Crippen molar-refractivity contribution in [3.8, 4) is 6.07 Å². The zero-order valence-corrected chi connectivity index (χ0v) is 10.9. The van der Waals surface area contributed by atoms with Crippen molar-refractivity contribution in [3.05, 3.63) is 0 Å². The molecule has 0 bridgehead atoms. The summed E-state index contributed by atoms with van der Waals surface area (Å²) in [7, 11) is -3.25. The fraction of sp³-hybridized carbons (Fsp3) is 0.917. The molecule has 0 spiro atoms. The standard InChI is InChI=1S/C12H20N2O2S/c13-8-12(11-4-2-1-3-5-11)14-17(15,16)9-10-6-7-10/h10-12,14H,1-7,9H2. The van der Waals surface area contributed by atoms with Gasteiger partial charge in [0.05, 0.1) is 11.8 Å². The van der Waals surface area contributed by atoms with E-state index >= 15 is 0 Å². The van der Waals surface area contributed by atoms with Gasteiger partial charge in [0.1, 0.15) is 6.04 Å². The van der Waals surface area contributed by atoms with Crippen molar-refractivity contribution in [1.82, 2.24) is 4.72 Å². The normalized spacial score (nSPS) is 24.2. The third-order valence-electron chi connectivity index (χ3n) is 3.72. The Morgan fingerprint density at radius 3 is 2.35 bits per heavy atom. The predicted octanol–water partition coefficient (Wildman–Crippen LogP) is 1.79. The quantitative estimate of drug-likeness (QED) is 0.815. The molecule has 2 saturated carbocycles. The molecule has 2 rings (SSSR count). The van der Waals surface area contributed by atoms with Crippen LogP contribution in [0.4, 0.5) is 0 Å². The molecule has 1 atom stereocenters. The molecule has 0 radical (unpaired) electrons. The number of hydrogen-bond acceptors (Lipinski definition) is 3. The number of nitrogens with one attached hydrogen (secondary N) is 1. The van der Waals surface area contributed by atoms with Crippen LogP contribution in [0.25, 0.3) is 0 Å². The van der Waals surface area contributed by atoms with Crippen molar-refractivity contribution in [1.29, 1.82) is 5.26 Å². The van der Waals surface area contributed by atoms with Gasteiger partial charge < -0.3 is 0 Å². The molecule has 1 unspecified atom stereocenters. The monoisotopic (exact) mass is 256 g/mol. The van der Waals surface area contributed by atoms with E-state index < -0.39 is 16.1 Å². The lowest BCUT2D eigenvalue weighted by atomic mass is 9.85. The van der Waals surface area contributed by atoms with Crippen molar-refractivity contribution in [2.24, 2.45) is 11.8 Å². The van der Waals surface area contributed by atoms with E-state index in [9.17, 15) is 8.42 Å². The second-order valence-electron chi connectivity index (χ2n) is 5.35. The number of hydrogen-bond donors (Lipinski definition) is 1. The first-order valence-corrected chi connectivity index (χ1v) is 8.15. The van der Waals surface area contributed by atoms with Gasteiger partial charge in [-0.2, -0.15) is 9.98 Å². The largest absolute Gasteiger partial charge is 0.213 e. The predicted molar refractivity (Wildman–Crippen MR) is 65.6 cm³/mol. The molecule has 2 aliphatic carbocycles. The van der Waals surface area contributed by atoms with Crippen LogP contribution < -0.4 is 4.72 Å². The average Bonchev–Trinajstić information content (AvgIpc) is 3.10. The van der Waals surface area contributed by atoms with E-state index in [0.29, 0.717) is 5.92 Å². The van der Waals surface area contributed by atoms with Crippen molar-refractivity contribution in [2.45, 2.75) is 51.0 Å². The third kappa shape index (κ3) is 3.97. The smallest absolute Gasteiger partial charge is 0.212 e. The Balaban J connectivity index is 1.91. The Bertz CT molecular complexity index is 389. The molecule has 0 aromatic carbocycles. The van der Waals surface area contributed by atoms with Crippen LogP contribution in [0.3, 0.4) is 0 Å². The zero-order chi connectivity index (χ0) is 12.3. The first-order chi connectivity index (χ1) is 8.11. The van der Waals surface area contributed by atoms with E-state index in [-0.39, 0.29) is 11.7 Å². The fourth-order valence-corrected chi connectivity index (χ4v) is 4.21. The van der Waals surface area contributed by atoms with E-state index in [1.165, 1.54) is 6.42 Å². The Kier molecular flexibility index (Phi) is 4.05. The molecule has 0 heterocycles. The van der Waals surface area contributed by atoms with E-state index in [1.807, 2.05) is 0 Å². The van der Waals surface area contributed by atoms with E-state index in [2.05, 4.69) is 10.8 Å². The van der Waals surface area contributed by atoms with Crippen LogP contribution in [-0.2, 0) is 10.0 Å². The third-order valence-corrected chi connectivity index (χ3v) is 5.24. The molecule has 0 aromatic heterocycles. The SMILES string of the molecule is N#CC(NS(=O)(=O)CC1CC1)C1CCCCC1. The minimum atomic E-state index is -3.25. The molecule has 0 aliphatic heterocycles. The van der Waals surface area contributed by atoms with Crippen molar-refractivity contribution >= 4 is 10.0 Å². The molecule has 0 amide bonds. The lowest BCUT2D eigenvalue weighted by molar-refractivity contribution is 0.323. The van der Waals surface area contributed by atoms with Crippen LogP contribution in [0.5, 0.6) is 0 Å². The highest BCUT2D eigenvalue weighted by Gasteiger charge is 2.32. The minimum Gasteiger partial charge on any atom is -0.212 e. The highest BCUT2D eigenvalue weighted by Crippen LogP contribution is 2.31. The van der Waals surface area contributed by atoms with Gasteiger partial charge in [-0.25, -0.2) is 8.42 Å². The van der Waals surface area contributed by atoms with Gasteiger partial charge in [0.2, 0.25) is 10.0 Å². The van der Waals surface area contributed by atoms with Gasteiger partial charge in [-0.15, -0.1) is 0 Å². The molecular formula is C12H20N2O2S. The molecule has 4 nitrogen and oxygen atoms in total. The van der Waals surface area contributed by atoms with E-state index in [1.54, 1.807) is 0 Å². The van der Waals surface area contributed by atoms with Crippen molar-refractivity contribution in [3.63, 3.8) is 0 Å². The molecule has 5 heteroatoms. The van der Waals surface area contributed by atoms with Gasteiger partial charge in [-0.1, -0.05) is 19.3 Å². The zero-order valence-electron chi connectivity index (χ0n) is 10.1. The van der Waals surface area contributed by atoms with Crippen LogP contribution in [0.15, 0.2) is 0 Å². The van der Waals surface area contributed by atoms with Crippen molar-refractivity contribution < 1.29 is 8.42 Å². The maximum atomic E-state index is 11.8. The summed E-state index contributed by atoms with van der Waals surface area (Å²) in [6.07, 6.45) is 7.43. The highest BCUT2D eigenvalue weighted by molar-refractivity contribution is 7.89. The Labute approximate surface area is 103 Å². The first-order valence-electron chi connectivity index (χ1n) is 6.50. The summed E-state index contributed by atoms with van der Waals surface area (Å²) in [5, 5.41) is 9.11. The van der Waals surface area contributed by atoms with Crippen LogP contribution in [0, 0.1) is 23.2 Å². The molecule has 17 heavy (non-hydrogen) atoms. The maximum Gasteiger partial charge on any atom is 0.213 e. The van der Waals surface area contributed by atoms with Crippen LogP contribution in [-0.4, -0.2) is 20.2 Å². The van der Waals surface area contributed by atoms with E-state index in [4.69, 9.17) is 5.26 Å². The molecular weight excluding hydrogens is 236 g/mol. The lowest BCUT2D eigenvalue weighted by Crippen LogP contribution is -2.41. The van der Waals surface area contributed by atoms with Gasteiger partial charge in [0, 0.05) is 0 Å². The molecule has 96 valence electrons. The molecule has 2 aliphatic rings. The number of rotatable bonds is 5. The summed E-state index contributed by atoms with van der Waals surface area (Å²) in [5.74, 6) is 0.749. The molecule has 0 saturated heterocycles. The fourth-order valence-electron chi connectivity index (χ4n) is 2.53. The summed E-state index contributed by atoms with van der Waals surface area (Å²) in [6, 6.07) is 1.62. The Morgan fingerprint density at radius 1 is 1.18 bits per heavy atom. The second kappa shape index (κ2) is 5.36. The second-order valence-corrected chi connectivity index (χ2v) is 7.15. The molecule has 1 N–H and O–H groups in total. The summed E-state index contributed by atoms with van der Waals surface area (Å²) < 4.78 is 26.3. The van der Waals surface area contributed by atoms with Crippen LogP contribution in [0.1, 0.15) is 44.9 Å². The van der Waals surface area contributed by atoms with Gasteiger partial charge >= 0.3 is 0 Å². The average molecular weight is 256 g/mol. The van der Waals surface area contributed by atoms with Crippen LogP contribution >= 0.6 is 0 Å². The minimum absolute atomic E-state index is 0.206. The highest BCUT2D eigenvalue weighted by atomic mass is 32.2. The van der Waals surface area contributed by atoms with Gasteiger partial charge in [0.25, 0.3) is 0 Å². The number of sulfonamides is 1. The molecule has 0 aromatic rings. The summed E-state index contributed by atoms with van der Waals surface area (Å²) in [6.45, 7) is 0. The topological polar surface area (TPSA) is 70.0 Å². The Morgan fingerprint density at radius 2 is 1.82 bits per heavy atom. The lowest BCUT2D eigenvalue weighted by Gasteiger charge is -2.26. The van der Waals surface area contributed by atoms with Gasteiger partial charge in [-0.05, 0) is 37.5 Å². The maximum absolute atomic E-state index is 11.8. The Hall–Kier alpha value is -0.600. The van der Waals surface area contributed by atoms with Crippen LogP contribution in [0.2, 0.25) is 0 Å². The number of nitrogens with zero attached hydrogens (tertiary/aromatic N) is 1.